The molecule has 1 aliphatic rings. The minimum Gasteiger partial charge on any atom is -0.456 e. The third-order valence-electron chi connectivity index (χ3n) is 7.11. The third kappa shape index (κ3) is 17.4. The van der Waals surface area contributed by atoms with Crippen LogP contribution in [0.5, 0.6) is 0 Å². The summed E-state index contributed by atoms with van der Waals surface area (Å²) in [4.78, 5) is 23.7. The SMILES string of the molecule is [B]C1OC(CO)C(O)C1OCCCCCCNC(=O)COC(=O)CCCCCCCCCCCCCCC. The highest BCUT2D eigenvalue weighted by molar-refractivity contribution is 6.11. The highest BCUT2D eigenvalue weighted by atomic mass is 16.6. The van der Waals surface area contributed by atoms with Crippen LogP contribution in [0.15, 0.2) is 0 Å². The van der Waals surface area contributed by atoms with E-state index in [1.807, 2.05) is 0 Å². The fourth-order valence-corrected chi connectivity index (χ4v) is 4.69. The van der Waals surface area contributed by atoms with Crippen molar-refractivity contribution in [2.24, 2.45) is 0 Å². The van der Waals surface area contributed by atoms with Gasteiger partial charge >= 0.3 is 5.97 Å². The Labute approximate surface area is 232 Å². The maximum absolute atomic E-state index is 11.9. The molecule has 4 atom stereocenters. The van der Waals surface area contributed by atoms with Gasteiger partial charge in [-0.25, -0.2) is 0 Å². The molecule has 0 aliphatic carbocycles. The summed E-state index contributed by atoms with van der Waals surface area (Å²) in [6.45, 7) is 2.72. The normalized spacial score (nSPS) is 21.0. The van der Waals surface area contributed by atoms with E-state index >= 15 is 0 Å². The van der Waals surface area contributed by atoms with Gasteiger partial charge in [0.25, 0.3) is 5.91 Å². The summed E-state index contributed by atoms with van der Waals surface area (Å²) in [6.07, 6.45) is 18.0. The predicted molar refractivity (Wildman–Crippen MR) is 150 cm³/mol. The second-order valence-corrected chi connectivity index (χ2v) is 10.6. The molecular formula is C29H54BNO7. The fourth-order valence-electron chi connectivity index (χ4n) is 4.69. The zero-order chi connectivity index (χ0) is 27.8. The molecule has 4 unspecified atom stereocenters. The zero-order valence-electron chi connectivity index (χ0n) is 23.9. The van der Waals surface area contributed by atoms with Crippen molar-refractivity contribution in [3.63, 3.8) is 0 Å². The Hall–Kier alpha value is -1.16. The van der Waals surface area contributed by atoms with Crippen molar-refractivity contribution in [3.8, 4) is 0 Å². The number of hydrogen-bond acceptors (Lipinski definition) is 7. The molecule has 0 saturated carbocycles. The van der Waals surface area contributed by atoms with E-state index in [1.165, 1.54) is 64.2 Å². The Morgan fingerprint density at radius 1 is 0.842 bits per heavy atom. The van der Waals surface area contributed by atoms with Crippen LogP contribution >= 0.6 is 0 Å². The van der Waals surface area contributed by atoms with E-state index in [1.54, 1.807) is 0 Å². The van der Waals surface area contributed by atoms with Crippen LogP contribution in [0.25, 0.3) is 0 Å². The van der Waals surface area contributed by atoms with Crippen LogP contribution in [0.2, 0.25) is 0 Å². The lowest BCUT2D eigenvalue weighted by molar-refractivity contribution is -0.148. The molecule has 8 nitrogen and oxygen atoms in total. The van der Waals surface area contributed by atoms with Gasteiger partial charge in [0, 0.05) is 25.6 Å². The molecule has 220 valence electrons. The van der Waals surface area contributed by atoms with Crippen LogP contribution in [0.3, 0.4) is 0 Å². The van der Waals surface area contributed by atoms with Gasteiger partial charge in [-0.3, -0.25) is 9.59 Å². The van der Waals surface area contributed by atoms with Crippen LogP contribution in [0, 0.1) is 0 Å². The topological polar surface area (TPSA) is 114 Å². The number of esters is 1. The van der Waals surface area contributed by atoms with Crippen LogP contribution < -0.4 is 5.32 Å². The predicted octanol–water partition coefficient (Wildman–Crippen LogP) is 4.32. The van der Waals surface area contributed by atoms with Gasteiger partial charge in [0.2, 0.25) is 0 Å². The summed E-state index contributed by atoms with van der Waals surface area (Å²) in [5.74, 6) is -0.569. The molecule has 1 aliphatic heterocycles. The van der Waals surface area contributed by atoms with Crippen LogP contribution in [0.1, 0.15) is 122 Å². The molecule has 0 bridgehead atoms. The second-order valence-electron chi connectivity index (χ2n) is 10.6. The first-order valence-corrected chi connectivity index (χ1v) is 15.2. The summed E-state index contributed by atoms with van der Waals surface area (Å²) in [5.41, 5.74) is 0. The number of carbonyl (C=O) groups is 2. The molecule has 2 radical (unpaired) electrons. The lowest BCUT2D eigenvalue weighted by Gasteiger charge is -2.18. The maximum atomic E-state index is 11.9. The van der Waals surface area contributed by atoms with Crippen LogP contribution in [-0.2, 0) is 23.8 Å². The Morgan fingerprint density at radius 3 is 1.97 bits per heavy atom. The van der Waals surface area contributed by atoms with Crippen molar-refractivity contribution in [3.05, 3.63) is 0 Å². The molecule has 9 heteroatoms. The molecule has 1 saturated heterocycles. The first-order chi connectivity index (χ1) is 18.5. The van der Waals surface area contributed by atoms with Gasteiger partial charge in [0.15, 0.2) is 6.61 Å². The zero-order valence-corrected chi connectivity index (χ0v) is 23.9. The minimum atomic E-state index is -0.923. The summed E-state index contributed by atoms with van der Waals surface area (Å²) in [7, 11) is 5.77. The summed E-state index contributed by atoms with van der Waals surface area (Å²) >= 11 is 0. The first-order valence-electron chi connectivity index (χ1n) is 15.2. The Morgan fingerprint density at radius 2 is 1.39 bits per heavy atom. The van der Waals surface area contributed by atoms with Crippen molar-refractivity contribution >= 4 is 19.7 Å². The molecule has 0 aromatic heterocycles. The molecular weight excluding hydrogens is 485 g/mol. The molecule has 3 N–H and O–H groups in total. The van der Waals surface area contributed by atoms with Gasteiger partial charge in [-0.05, 0) is 19.3 Å². The molecule has 1 fully saturated rings. The molecule has 38 heavy (non-hydrogen) atoms. The number of nitrogens with one attached hydrogen (secondary N) is 1. The lowest BCUT2D eigenvalue weighted by Crippen LogP contribution is -2.36. The average Bonchev–Trinajstić information content (AvgIpc) is 3.19. The molecule has 0 aromatic carbocycles. The van der Waals surface area contributed by atoms with E-state index in [0.29, 0.717) is 19.6 Å². The number of aliphatic hydroxyl groups is 2. The number of unbranched alkanes of at least 4 members (excludes halogenated alkanes) is 15. The molecule has 0 spiro atoms. The quantitative estimate of drug-likeness (QED) is 0.0900. The average molecular weight is 540 g/mol. The number of amides is 1. The summed E-state index contributed by atoms with van der Waals surface area (Å²) in [6, 6.07) is -0.735. The van der Waals surface area contributed by atoms with Gasteiger partial charge in [-0.1, -0.05) is 96.8 Å². The third-order valence-corrected chi connectivity index (χ3v) is 7.11. The Kier molecular flexibility index (Phi) is 21.8. The highest BCUT2D eigenvalue weighted by Crippen LogP contribution is 2.22. The molecule has 0 aromatic rings. The van der Waals surface area contributed by atoms with Gasteiger partial charge in [0.05, 0.1) is 6.61 Å². The Bertz CT molecular complexity index is 595. The monoisotopic (exact) mass is 539 g/mol. The van der Waals surface area contributed by atoms with Gasteiger partial charge in [0.1, 0.15) is 26.2 Å². The van der Waals surface area contributed by atoms with Crippen molar-refractivity contribution < 1.29 is 34.0 Å². The standard InChI is InChI=1S/C29H54BNO7/c1-2-3-4-5-6-7-8-9-10-11-12-13-16-19-26(34)37-23-25(33)31-20-17-14-15-18-21-36-28-27(35)24(22-32)38-29(28)30/h24,27-29,32,35H,2-23H2,1H3,(H,31,33). The van der Waals surface area contributed by atoms with Crippen molar-refractivity contribution in [1.29, 1.82) is 0 Å². The number of aliphatic hydroxyl groups excluding tert-OH is 2. The van der Waals surface area contributed by atoms with E-state index in [-0.39, 0.29) is 25.1 Å². The highest BCUT2D eigenvalue weighted by Gasteiger charge is 2.41. The minimum absolute atomic E-state index is 0.216. The van der Waals surface area contributed by atoms with Crippen LogP contribution in [0.4, 0.5) is 0 Å². The van der Waals surface area contributed by atoms with Crippen molar-refractivity contribution in [2.45, 2.75) is 147 Å². The van der Waals surface area contributed by atoms with Gasteiger partial charge in [-0.2, -0.15) is 0 Å². The van der Waals surface area contributed by atoms with E-state index in [4.69, 9.17) is 27.2 Å². The van der Waals surface area contributed by atoms with E-state index in [9.17, 15) is 14.7 Å². The fraction of sp³-hybridized carbons (Fsp3) is 0.931. The molecule has 1 heterocycles. The lowest BCUT2D eigenvalue weighted by atomic mass is 9.93. The summed E-state index contributed by atoms with van der Waals surface area (Å²) < 4.78 is 15.9. The largest absolute Gasteiger partial charge is 0.456 e. The first kappa shape index (κ1) is 34.9. The van der Waals surface area contributed by atoms with E-state index in [0.717, 1.165) is 44.9 Å². The number of rotatable bonds is 25. The smallest absolute Gasteiger partial charge is 0.306 e. The van der Waals surface area contributed by atoms with Crippen molar-refractivity contribution in [2.75, 3.05) is 26.4 Å². The van der Waals surface area contributed by atoms with Gasteiger partial charge < -0.3 is 29.7 Å². The Balaban J connectivity index is 1.84. The maximum Gasteiger partial charge on any atom is 0.306 e. The number of ether oxygens (including phenoxy) is 3. The van der Waals surface area contributed by atoms with E-state index in [2.05, 4.69) is 12.2 Å². The van der Waals surface area contributed by atoms with Crippen LogP contribution in [-0.4, -0.2) is 80.6 Å². The number of carbonyl (C=O) groups excluding carboxylic acids is 2. The number of hydrogen-bond donors (Lipinski definition) is 3. The second kappa shape index (κ2) is 23.7. The van der Waals surface area contributed by atoms with Crippen molar-refractivity contribution in [1.82, 2.24) is 5.32 Å². The molecule has 1 rings (SSSR count). The molecule has 1 amide bonds. The van der Waals surface area contributed by atoms with E-state index < -0.39 is 24.3 Å². The summed E-state index contributed by atoms with van der Waals surface area (Å²) in [5, 5.41) is 21.9. The van der Waals surface area contributed by atoms with Gasteiger partial charge in [-0.15, -0.1) is 0 Å².